The predicted molar refractivity (Wildman–Crippen MR) is 102 cm³/mol. The monoisotopic (exact) mass is 371 g/mol. The average molecular weight is 371 g/mol. The summed E-state index contributed by atoms with van der Waals surface area (Å²) in [5.74, 6) is -1.20. The van der Waals surface area contributed by atoms with Gasteiger partial charge in [0.15, 0.2) is 0 Å². The molecule has 0 heterocycles. The van der Waals surface area contributed by atoms with Crippen molar-refractivity contribution in [2.24, 2.45) is 0 Å². The number of carboxylic acid groups (broad SMARTS) is 1. The van der Waals surface area contributed by atoms with Crippen molar-refractivity contribution in [2.45, 2.75) is 31.1 Å². The number of nitrogens with zero attached hydrogens (tertiary/aromatic N) is 1. The zero-order valence-corrected chi connectivity index (χ0v) is 15.4. The second kappa shape index (κ2) is 7.33. The van der Waals surface area contributed by atoms with Gasteiger partial charge in [-0.1, -0.05) is 42.0 Å². The van der Waals surface area contributed by atoms with E-state index in [9.17, 15) is 18.3 Å². The Hall–Kier alpha value is -2.60. The van der Waals surface area contributed by atoms with Crippen molar-refractivity contribution in [1.29, 1.82) is 0 Å². The van der Waals surface area contributed by atoms with Gasteiger partial charge in [-0.25, -0.2) is 8.42 Å². The number of sulfonamides is 1. The number of anilines is 1. The minimum absolute atomic E-state index is 0.0829. The largest absolute Gasteiger partial charge is 0.480 e. The lowest BCUT2D eigenvalue weighted by Gasteiger charge is -2.25. The number of hydrogen-bond donors (Lipinski definition) is 1. The van der Waals surface area contributed by atoms with E-state index in [4.69, 9.17) is 0 Å². The van der Waals surface area contributed by atoms with E-state index in [-0.39, 0.29) is 4.90 Å². The second-order valence-electron chi connectivity index (χ2n) is 6.36. The van der Waals surface area contributed by atoms with Crippen LogP contribution >= 0.6 is 0 Å². The number of allylic oxidation sites excluding steroid dienone is 2. The van der Waals surface area contributed by atoms with Gasteiger partial charge in [0.25, 0.3) is 10.0 Å². The molecule has 5 nitrogen and oxygen atoms in total. The number of aryl methyl sites for hydroxylation is 1. The van der Waals surface area contributed by atoms with Crippen LogP contribution in [0.5, 0.6) is 0 Å². The molecule has 1 aliphatic carbocycles. The molecule has 0 radical (unpaired) electrons. The maximum atomic E-state index is 13.2. The molecule has 0 saturated carbocycles. The molecule has 0 fully saturated rings. The summed E-state index contributed by atoms with van der Waals surface area (Å²) in [6.07, 6.45) is 4.93. The van der Waals surface area contributed by atoms with Crippen LogP contribution in [0.3, 0.4) is 0 Å². The van der Waals surface area contributed by atoms with Gasteiger partial charge >= 0.3 is 5.97 Å². The van der Waals surface area contributed by atoms with E-state index < -0.39 is 22.5 Å². The van der Waals surface area contributed by atoms with Gasteiger partial charge in [0.05, 0.1) is 10.6 Å². The fraction of sp³-hybridized carbons (Fsp3) is 0.250. The van der Waals surface area contributed by atoms with Crippen molar-refractivity contribution in [2.75, 3.05) is 10.8 Å². The Kier molecular flexibility index (Phi) is 5.13. The van der Waals surface area contributed by atoms with Crippen LogP contribution < -0.4 is 4.31 Å². The summed E-state index contributed by atoms with van der Waals surface area (Å²) < 4.78 is 27.4. The number of aliphatic carboxylic acids is 1. The normalized spacial score (nSPS) is 14.1. The molecular formula is C20H21NO4S. The van der Waals surface area contributed by atoms with E-state index in [1.165, 1.54) is 12.1 Å². The number of benzene rings is 2. The highest BCUT2D eigenvalue weighted by Crippen LogP contribution is 2.36. The molecule has 0 aromatic heterocycles. The molecule has 0 bridgehead atoms. The second-order valence-corrected chi connectivity index (χ2v) is 8.22. The van der Waals surface area contributed by atoms with Gasteiger partial charge in [0.2, 0.25) is 0 Å². The zero-order chi connectivity index (χ0) is 18.7. The zero-order valence-electron chi connectivity index (χ0n) is 14.6. The van der Waals surface area contributed by atoms with Crippen LogP contribution in [0.1, 0.15) is 30.4 Å². The minimum Gasteiger partial charge on any atom is -0.480 e. The van der Waals surface area contributed by atoms with E-state index in [2.05, 4.69) is 6.08 Å². The summed E-state index contributed by atoms with van der Waals surface area (Å²) in [5.41, 5.74) is 3.19. The van der Waals surface area contributed by atoms with Crippen molar-refractivity contribution in [1.82, 2.24) is 0 Å². The number of para-hydroxylation sites is 1. The smallest absolute Gasteiger partial charge is 0.324 e. The standard InChI is InChI=1S/C20H21NO4S/c1-15-10-12-17(13-11-15)26(24,25)21(14-20(22)23)19-9-5-4-8-18(19)16-6-2-3-7-16/h4-6,8-13H,2-3,7,14H2,1H3,(H,22,23). The maximum Gasteiger partial charge on any atom is 0.324 e. The molecule has 0 spiro atoms. The highest BCUT2D eigenvalue weighted by atomic mass is 32.2. The van der Waals surface area contributed by atoms with Gasteiger partial charge in [0.1, 0.15) is 6.54 Å². The van der Waals surface area contributed by atoms with E-state index in [0.29, 0.717) is 5.69 Å². The number of rotatable bonds is 6. The summed E-state index contributed by atoms with van der Waals surface area (Å²) in [5, 5.41) is 9.34. The van der Waals surface area contributed by atoms with Gasteiger partial charge in [-0.15, -0.1) is 0 Å². The first kappa shape index (κ1) is 18.2. The maximum absolute atomic E-state index is 13.2. The summed E-state index contributed by atoms with van der Waals surface area (Å²) in [7, 11) is -3.99. The molecular weight excluding hydrogens is 350 g/mol. The first-order valence-electron chi connectivity index (χ1n) is 8.49. The number of hydrogen-bond acceptors (Lipinski definition) is 3. The SMILES string of the molecule is Cc1ccc(S(=O)(=O)N(CC(=O)O)c2ccccc2C2=CCCC2)cc1. The lowest BCUT2D eigenvalue weighted by molar-refractivity contribution is -0.135. The van der Waals surface area contributed by atoms with Crippen LogP contribution in [-0.2, 0) is 14.8 Å². The summed E-state index contributed by atoms with van der Waals surface area (Å²) >= 11 is 0. The van der Waals surface area contributed by atoms with Crippen LogP contribution in [0.2, 0.25) is 0 Å². The van der Waals surface area contributed by atoms with Gasteiger partial charge in [-0.2, -0.15) is 0 Å². The Bertz CT molecular complexity index is 946. The molecule has 1 aliphatic rings. The Morgan fingerprint density at radius 2 is 1.81 bits per heavy atom. The average Bonchev–Trinajstić information content (AvgIpc) is 3.14. The first-order valence-corrected chi connectivity index (χ1v) is 9.93. The van der Waals surface area contributed by atoms with E-state index in [1.54, 1.807) is 24.3 Å². The highest BCUT2D eigenvalue weighted by Gasteiger charge is 2.29. The molecule has 2 aromatic carbocycles. The van der Waals surface area contributed by atoms with Crippen molar-refractivity contribution in [3.8, 4) is 0 Å². The molecule has 0 aliphatic heterocycles. The first-order chi connectivity index (χ1) is 12.4. The Morgan fingerprint density at radius 1 is 1.12 bits per heavy atom. The molecule has 0 atom stereocenters. The molecule has 6 heteroatoms. The molecule has 0 amide bonds. The number of carboxylic acids is 1. The number of carbonyl (C=O) groups is 1. The summed E-state index contributed by atoms with van der Waals surface area (Å²) in [4.78, 5) is 11.5. The quantitative estimate of drug-likeness (QED) is 0.837. The Balaban J connectivity index is 2.13. The van der Waals surface area contributed by atoms with Crippen LogP contribution in [0, 0.1) is 6.92 Å². The molecule has 0 unspecified atom stereocenters. The van der Waals surface area contributed by atoms with Crippen molar-refractivity contribution >= 4 is 27.3 Å². The molecule has 2 aromatic rings. The van der Waals surface area contributed by atoms with E-state index in [0.717, 1.165) is 40.3 Å². The lowest BCUT2D eigenvalue weighted by Crippen LogP contribution is -2.36. The van der Waals surface area contributed by atoms with E-state index >= 15 is 0 Å². The molecule has 3 rings (SSSR count). The van der Waals surface area contributed by atoms with Gasteiger partial charge < -0.3 is 5.11 Å². The van der Waals surface area contributed by atoms with E-state index in [1.807, 2.05) is 19.1 Å². The van der Waals surface area contributed by atoms with Crippen molar-refractivity contribution in [3.05, 3.63) is 65.7 Å². The summed E-state index contributed by atoms with van der Waals surface area (Å²) in [6, 6.07) is 13.5. The third-order valence-electron chi connectivity index (χ3n) is 4.45. The topological polar surface area (TPSA) is 74.7 Å². The predicted octanol–water partition coefficient (Wildman–Crippen LogP) is 3.84. The van der Waals surface area contributed by atoms with Crippen LogP contribution in [0.4, 0.5) is 5.69 Å². The third-order valence-corrected chi connectivity index (χ3v) is 6.22. The Morgan fingerprint density at radius 3 is 2.42 bits per heavy atom. The van der Waals surface area contributed by atoms with Gasteiger partial charge in [-0.3, -0.25) is 9.10 Å². The fourth-order valence-electron chi connectivity index (χ4n) is 3.14. The van der Waals surface area contributed by atoms with Crippen LogP contribution in [0.15, 0.2) is 59.5 Å². The molecule has 26 heavy (non-hydrogen) atoms. The molecule has 136 valence electrons. The third kappa shape index (κ3) is 3.65. The highest BCUT2D eigenvalue weighted by molar-refractivity contribution is 7.92. The van der Waals surface area contributed by atoms with Crippen molar-refractivity contribution < 1.29 is 18.3 Å². The fourth-order valence-corrected chi connectivity index (χ4v) is 4.57. The van der Waals surface area contributed by atoms with Crippen LogP contribution in [-0.4, -0.2) is 26.0 Å². The summed E-state index contributed by atoms with van der Waals surface area (Å²) in [6.45, 7) is 1.24. The van der Waals surface area contributed by atoms with Gasteiger partial charge in [-0.05, 0) is 50.0 Å². The Labute approximate surface area is 153 Å². The van der Waals surface area contributed by atoms with Crippen LogP contribution in [0.25, 0.3) is 5.57 Å². The van der Waals surface area contributed by atoms with Crippen molar-refractivity contribution in [3.63, 3.8) is 0 Å². The minimum atomic E-state index is -3.99. The molecule has 1 N–H and O–H groups in total. The molecule has 0 saturated heterocycles. The lowest BCUT2D eigenvalue weighted by atomic mass is 10.0. The van der Waals surface area contributed by atoms with Gasteiger partial charge in [0, 0.05) is 5.56 Å².